The van der Waals surface area contributed by atoms with Gasteiger partial charge in [-0.1, -0.05) is 39.0 Å². The van der Waals surface area contributed by atoms with Gasteiger partial charge in [0.2, 0.25) is 0 Å². The van der Waals surface area contributed by atoms with Gasteiger partial charge in [0.15, 0.2) is 0 Å². The fourth-order valence-corrected chi connectivity index (χ4v) is 3.33. The fourth-order valence-electron chi connectivity index (χ4n) is 3.33. The quantitative estimate of drug-likeness (QED) is 0.795. The molecule has 1 aromatic carbocycles. The number of rotatable bonds is 7. The molecule has 0 atom stereocenters. The van der Waals surface area contributed by atoms with Gasteiger partial charge in [-0.15, -0.1) is 0 Å². The first-order valence-corrected chi connectivity index (χ1v) is 8.32. The second kappa shape index (κ2) is 7.12. The molecule has 0 aliphatic carbocycles. The number of hydrogen-bond donors (Lipinski definition) is 1. The maximum atomic E-state index is 3.84. The van der Waals surface area contributed by atoms with Crippen LogP contribution in [-0.4, -0.2) is 18.6 Å². The summed E-state index contributed by atoms with van der Waals surface area (Å²) in [6, 6.07) is 8.91. The number of nitrogens with zero attached hydrogens (tertiary/aromatic N) is 1. The van der Waals surface area contributed by atoms with Crippen LogP contribution in [0.4, 0.5) is 5.69 Å². The molecule has 0 amide bonds. The van der Waals surface area contributed by atoms with Crippen molar-refractivity contribution < 1.29 is 0 Å². The number of nitrogens with one attached hydrogen (secondary N) is 1. The molecule has 20 heavy (non-hydrogen) atoms. The van der Waals surface area contributed by atoms with E-state index in [1.54, 1.807) is 0 Å². The third-order valence-electron chi connectivity index (χ3n) is 5.12. The Kier molecular flexibility index (Phi) is 5.47. The van der Waals surface area contributed by atoms with E-state index < -0.39 is 0 Å². The zero-order chi connectivity index (χ0) is 14.4. The molecule has 1 N–H and O–H groups in total. The van der Waals surface area contributed by atoms with Gasteiger partial charge < -0.3 is 10.2 Å². The van der Waals surface area contributed by atoms with Gasteiger partial charge in [-0.2, -0.15) is 0 Å². The molecule has 1 aromatic rings. The Labute approximate surface area is 124 Å². The number of para-hydroxylation sites is 1. The lowest BCUT2D eigenvalue weighted by molar-refractivity contribution is 0.288. The molecule has 2 heteroatoms. The Hall–Kier alpha value is -1.02. The summed E-state index contributed by atoms with van der Waals surface area (Å²) in [4.78, 5) is 2.54. The molecule has 0 aromatic heterocycles. The van der Waals surface area contributed by atoms with E-state index in [1.165, 1.54) is 56.4 Å². The molecule has 112 valence electrons. The van der Waals surface area contributed by atoms with Crippen molar-refractivity contribution in [2.24, 2.45) is 0 Å². The van der Waals surface area contributed by atoms with Crippen molar-refractivity contribution in [3.05, 3.63) is 29.8 Å². The summed E-state index contributed by atoms with van der Waals surface area (Å²) in [5.41, 5.74) is 3.20. The summed E-state index contributed by atoms with van der Waals surface area (Å²) in [5.74, 6) is 0. The van der Waals surface area contributed by atoms with E-state index >= 15 is 0 Å². The minimum absolute atomic E-state index is 0.304. The summed E-state index contributed by atoms with van der Waals surface area (Å²) in [6.45, 7) is 10.3. The van der Waals surface area contributed by atoms with Gasteiger partial charge in [0, 0.05) is 30.9 Å². The van der Waals surface area contributed by atoms with Crippen molar-refractivity contribution in [3.8, 4) is 0 Å². The molecule has 1 aliphatic rings. The Morgan fingerprint density at radius 3 is 2.20 bits per heavy atom. The van der Waals surface area contributed by atoms with Crippen LogP contribution in [0.15, 0.2) is 24.3 Å². The van der Waals surface area contributed by atoms with Crippen LogP contribution in [0.25, 0.3) is 0 Å². The van der Waals surface area contributed by atoms with Crippen molar-refractivity contribution in [2.45, 2.75) is 65.0 Å². The zero-order valence-corrected chi connectivity index (χ0v) is 13.4. The molecule has 1 aliphatic heterocycles. The van der Waals surface area contributed by atoms with Crippen LogP contribution in [0.3, 0.4) is 0 Å². The van der Waals surface area contributed by atoms with E-state index in [-0.39, 0.29) is 0 Å². The van der Waals surface area contributed by atoms with Crippen molar-refractivity contribution in [3.63, 3.8) is 0 Å². The lowest BCUT2D eigenvalue weighted by atomic mass is 9.89. The standard InChI is InChI=1S/C18H30N2/c1-4-18(5-2,6-3)19-15-16-11-7-8-12-17(16)20-13-9-10-14-20/h7-8,11-12,19H,4-6,9-10,13-15H2,1-3H3. The molecule has 1 fully saturated rings. The lowest BCUT2D eigenvalue weighted by Crippen LogP contribution is -2.43. The van der Waals surface area contributed by atoms with Crippen LogP contribution in [-0.2, 0) is 6.54 Å². The summed E-state index contributed by atoms with van der Waals surface area (Å²) in [6.07, 6.45) is 6.28. The van der Waals surface area contributed by atoms with Gasteiger partial charge in [-0.05, 0) is 43.7 Å². The largest absolute Gasteiger partial charge is 0.371 e. The number of anilines is 1. The zero-order valence-electron chi connectivity index (χ0n) is 13.4. The number of benzene rings is 1. The Balaban J connectivity index is 2.09. The highest BCUT2D eigenvalue weighted by molar-refractivity contribution is 5.54. The van der Waals surface area contributed by atoms with E-state index in [0.717, 1.165) is 6.54 Å². The first-order chi connectivity index (χ1) is 9.74. The molecule has 0 spiro atoms. The predicted octanol–water partition coefficient (Wildman–Crippen LogP) is 4.35. The van der Waals surface area contributed by atoms with E-state index in [2.05, 4.69) is 55.3 Å². The summed E-state index contributed by atoms with van der Waals surface area (Å²) in [5, 5.41) is 3.84. The summed E-state index contributed by atoms with van der Waals surface area (Å²) in [7, 11) is 0. The highest BCUT2D eigenvalue weighted by Crippen LogP contribution is 2.26. The van der Waals surface area contributed by atoms with Crippen LogP contribution >= 0.6 is 0 Å². The summed E-state index contributed by atoms with van der Waals surface area (Å²) < 4.78 is 0. The molecule has 0 unspecified atom stereocenters. The summed E-state index contributed by atoms with van der Waals surface area (Å²) >= 11 is 0. The molecular formula is C18H30N2. The van der Waals surface area contributed by atoms with E-state index in [0.29, 0.717) is 5.54 Å². The second-order valence-electron chi connectivity index (χ2n) is 6.02. The molecule has 1 heterocycles. The molecule has 0 saturated carbocycles. The molecule has 0 bridgehead atoms. The fraction of sp³-hybridized carbons (Fsp3) is 0.667. The third-order valence-corrected chi connectivity index (χ3v) is 5.12. The second-order valence-corrected chi connectivity index (χ2v) is 6.02. The Morgan fingerprint density at radius 2 is 1.60 bits per heavy atom. The van der Waals surface area contributed by atoms with Crippen LogP contribution in [0.1, 0.15) is 58.4 Å². The lowest BCUT2D eigenvalue weighted by Gasteiger charge is -2.33. The van der Waals surface area contributed by atoms with E-state index in [9.17, 15) is 0 Å². The first-order valence-electron chi connectivity index (χ1n) is 8.32. The highest BCUT2D eigenvalue weighted by atomic mass is 15.1. The first kappa shape index (κ1) is 15.4. The third kappa shape index (κ3) is 3.35. The minimum atomic E-state index is 0.304. The minimum Gasteiger partial charge on any atom is -0.371 e. The molecular weight excluding hydrogens is 244 g/mol. The molecule has 0 radical (unpaired) electrons. The normalized spacial score (nSPS) is 15.8. The van der Waals surface area contributed by atoms with Crippen molar-refractivity contribution in [2.75, 3.05) is 18.0 Å². The van der Waals surface area contributed by atoms with Crippen LogP contribution in [0.5, 0.6) is 0 Å². The Bertz CT molecular complexity index is 395. The predicted molar refractivity (Wildman–Crippen MR) is 88.3 cm³/mol. The molecule has 2 rings (SSSR count). The van der Waals surface area contributed by atoms with Gasteiger partial charge in [0.05, 0.1) is 0 Å². The Morgan fingerprint density at radius 1 is 1.00 bits per heavy atom. The molecule has 1 saturated heterocycles. The van der Waals surface area contributed by atoms with Crippen molar-refractivity contribution in [1.82, 2.24) is 5.32 Å². The highest BCUT2D eigenvalue weighted by Gasteiger charge is 2.23. The van der Waals surface area contributed by atoms with Gasteiger partial charge in [-0.3, -0.25) is 0 Å². The van der Waals surface area contributed by atoms with Crippen LogP contribution in [0.2, 0.25) is 0 Å². The van der Waals surface area contributed by atoms with Crippen molar-refractivity contribution in [1.29, 1.82) is 0 Å². The maximum Gasteiger partial charge on any atom is 0.0411 e. The average molecular weight is 274 g/mol. The average Bonchev–Trinajstić information content (AvgIpc) is 3.04. The number of hydrogen-bond acceptors (Lipinski definition) is 2. The van der Waals surface area contributed by atoms with Gasteiger partial charge >= 0.3 is 0 Å². The molecule has 2 nitrogen and oxygen atoms in total. The van der Waals surface area contributed by atoms with E-state index in [4.69, 9.17) is 0 Å². The topological polar surface area (TPSA) is 15.3 Å². The smallest absolute Gasteiger partial charge is 0.0411 e. The van der Waals surface area contributed by atoms with Gasteiger partial charge in [0.1, 0.15) is 0 Å². The maximum absolute atomic E-state index is 3.84. The van der Waals surface area contributed by atoms with E-state index in [1.807, 2.05) is 0 Å². The van der Waals surface area contributed by atoms with Gasteiger partial charge in [0.25, 0.3) is 0 Å². The van der Waals surface area contributed by atoms with Crippen molar-refractivity contribution >= 4 is 5.69 Å². The monoisotopic (exact) mass is 274 g/mol. The van der Waals surface area contributed by atoms with Gasteiger partial charge in [-0.25, -0.2) is 0 Å². The van der Waals surface area contributed by atoms with Crippen LogP contribution in [0, 0.1) is 0 Å². The van der Waals surface area contributed by atoms with Crippen LogP contribution < -0.4 is 10.2 Å². The SMILES string of the molecule is CCC(CC)(CC)NCc1ccccc1N1CCCC1.